The van der Waals surface area contributed by atoms with Gasteiger partial charge in [0.2, 0.25) is 0 Å². The standard InChI is InChI=1S/C16H19ClFN3O2/c1-16(2,3)13-8-14(21(4)20-13)19-15(22)9-23-12-6-5-10(18)7-11(12)17/h5-8H,9H2,1-4H3,(H,19,22). The highest BCUT2D eigenvalue weighted by Crippen LogP contribution is 2.25. The third-order valence-electron chi connectivity index (χ3n) is 3.17. The monoisotopic (exact) mass is 339 g/mol. The number of aromatic nitrogens is 2. The lowest BCUT2D eigenvalue weighted by Crippen LogP contribution is -2.21. The molecule has 0 aliphatic heterocycles. The molecule has 1 amide bonds. The Morgan fingerprint density at radius 2 is 2.09 bits per heavy atom. The van der Waals surface area contributed by atoms with Gasteiger partial charge < -0.3 is 10.1 Å². The van der Waals surface area contributed by atoms with E-state index >= 15 is 0 Å². The molecule has 2 aromatic rings. The van der Waals surface area contributed by atoms with Crippen LogP contribution in [0.1, 0.15) is 26.5 Å². The molecule has 0 aliphatic rings. The van der Waals surface area contributed by atoms with Crippen LogP contribution in [0.25, 0.3) is 0 Å². The van der Waals surface area contributed by atoms with Crippen molar-refractivity contribution in [3.05, 3.63) is 40.8 Å². The largest absolute Gasteiger partial charge is 0.482 e. The van der Waals surface area contributed by atoms with Crippen molar-refractivity contribution in [2.75, 3.05) is 11.9 Å². The first-order valence-corrected chi connectivity index (χ1v) is 7.47. The summed E-state index contributed by atoms with van der Waals surface area (Å²) in [5.41, 5.74) is 0.761. The van der Waals surface area contributed by atoms with E-state index in [1.807, 2.05) is 26.8 Å². The van der Waals surface area contributed by atoms with Crippen LogP contribution in [-0.2, 0) is 17.3 Å². The molecule has 0 bridgehead atoms. The van der Waals surface area contributed by atoms with E-state index in [4.69, 9.17) is 16.3 Å². The summed E-state index contributed by atoms with van der Waals surface area (Å²) in [5, 5.41) is 7.22. The van der Waals surface area contributed by atoms with Crippen LogP contribution in [0.4, 0.5) is 10.2 Å². The van der Waals surface area contributed by atoms with Gasteiger partial charge in [0, 0.05) is 18.5 Å². The van der Waals surface area contributed by atoms with Crippen molar-refractivity contribution < 1.29 is 13.9 Å². The number of rotatable bonds is 4. The Bertz CT molecular complexity index is 723. The number of nitrogens with zero attached hydrogens (tertiary/aromatic N) is 2. The summed E-state index contributed by atoms with van der Waals surface area (Å²) in [6, 6.07) is 5.55. The maximum Gasteiger partial charge on any atom is 0.263 e. The van der Waals surface area contributed by atoms with Gasteiger partial charge in [-0.25, -0.2) is 4.39 Å². The number of aryl methyl sites for hydroxylation is 1. The molecule has 124 valence electrons. The lowest BCUT2D eigenvalue weighted by atomic mass is 9.92. The fourth-order valence-electron chi connectivity index (χ4n) is 1.87. The number of ether oxygens (including phenoxy) is 1. The molecule has 2 rings (SSSR count). The third-order valence-corrected chi connectivity index (χ3v) is 3.46. The molecule has 1 heterocycles. The zero-order valence-corrected chi connectivity index (χ0v) is 14.2. The minimum absolute atomic E-state index is 0.112. The quantitative estimate of drug-likeness (QED) is 0.927. The second kappa shape index (κ2) is 6.58. The summed E-state index contributed by atoms with van der Waals surface area (Å²) in [5.74, 6) is 0.0163. The van der Waals surface area contributed by atoms with Gasteiger partial charge >= 0.3 is 0 Å². The van der Waals surface area contributed by atoms with Gasteiger partial charge in [-0.05, 0) is 18.2 Å². The number of anilines is 1. The van der Waals surface area contributed by atoms with Crippen molar-refractivity contribution >= 4 is 23.3 Å². The topological polar surface area (TPSA) is 56.2 Å². The smallest absolute Gasteiger partial charge is 0.263 e. The van der Waals surface area contributed by atoms with Crippen molar-refractivity contribution in [3.8, 4) is 5.75 Å². The highest BCUT2D eigenvalue weighted by atomic mass is 35.5. The first kappa shape index (κ1) is 17.3. The van der Waals surface area contributed by atoms with Crippen molar-refractivity contribution in [1.29, 1.82) is 0 Å². The molecule has 1 aromatic heterocycles. The maximum atomic E-state index is 12.9. The molecule has 1 aromatic carbocycles. The first-order valence-electron chi connectivity index (χ1n) is 7.09. The van der Waals surface area contributed by atoms with Crippen molar-refractivity contribution in [2.45, 2.75) is 26.2 Å². The molecule has 1 N–H and O–H groups in total. The summed E-state index contributed by atoms with van der Waals surface area (Å²) in [6.07, 6.45) is 0. The Kier molecular flexibility index (Phi) is 4.94. The van der Waals surface area contributed by atoms with E-state index in [0.717, 1.165) is 11.8 Å². The highest BCUT2D eigenvalue weighted by Gasteiger charge is 2.19. The first-order chi connectivity index (χ1) is 10.7. The zero-order chi connectivity index (χ0) is 17.2. The van der Waals surface area contributed by atoms with Crippen LogP contribution >= 0.6 is 11.6 Å². The number of hydrogen-bond acceptors (Lipinski definition) is 3. The molecule has 0 unspecified atom stereocenters. The van der Waals surface area contributed by atoms with E-state index < -0.39 is 5.82 Å². The molecule has 0 atom stereocenters. The number of amides is 1. The van der Waals surface area contributed by atoms with E-state index in [1.54, 1.807) is 11.7 Å². The van der Waals surface area contributed by atoms with Crippen LogP contribution in [-0.4, -0.2) is 22.3 Å². The normalized spacial score (nSPS) is 11.4. The number of carbonyl (C=O) groups excluding carboxylic acids is 1. The molecule has 7 heteroatoms. The molecule has 0 spiro atoms. The molecular formula is C16H19ClFN3O2. The molecular weight excluding hydrogens is 321 g/mol. The number of hydrogen-bond donors (Lipinski definition) is 1. The molecule has 0 saturated heterocycles. The molecule has 23 heavy (non-hydrogen) atoms. The predicted molar refractivity (Wildman–Crippen MR) is 87.4 cm³/mol. The summed E-state index contributed by atoms with van der Waals surface area (Å²) < 4.78 is 19.8. The minimum Gasteiger partial charge on any atom is -0.482 e. The number of carbonyl (C=O) groups is 1. The second-order valence-corrected chi connectivity index (χ2v) is 6.61. The predicted octanol–water partition coefficient (Wildman–Crippen LogP) is 3.53. The fourth-order valence-corrected chi connectivity index (χ4v) is 2.09. The molecule has 5 nitrogen and oxygen atoms in total. The highest BCUT2D eigenvalue weighted by molar-refractivity contribution is 6.32. The summed E-state index contributed by atoms with van der Waals surface area (Å²) in [6.45, 7) is 5.89. The van der Waals surface area contributed by atoms with Crippen molar-refractivity contribution in [3.63, 3.8) is 0 Å². The molecule has 0 saturated carbocycles. The van der Waals surface area contributed by atoms with Gasteiger partial charge in [0.15, 0.2) is 6.61 Å². The van der Waals surface area contributed by atoms with Gasteiger partial charge in [-0.1, -0.05) is 32.4 Å². The van der Waals surface area contributed by atoms with Gasteiger partial charge in [0.1, 0.15) is 17.4 Å². The third kappa shape index (κ3) is 4.45. The van der Waals surface area contributed by atoms with Crippen LogP contribution in [0.2, 0.25) is 5.02 Å². The fraction of sp³-hybridized carbons (Fsp3) is 0.375. The summed E-state index contributed by atoms with van der Waals surface area (Å²) in [4.78, 5) is 12.0. The van der Waals surface area contributed by atoms with Crippen molar-refractivity contribution in [2.24, 2.45) is 7.05 Å². The van der Waals surface area contributed by atoms with Gasteiger partial charge in [0.25, 0.3) is 5.91 Å². The maximum absolute atomic E-state index is 12.9. The van der Waals surface area contributed by atoms with E-state index in [-0.39, 0.29) is 28.7 Å². The van der Waals surface area contributed by atoms with E-state index in [1.165, 1.54) is 12.1 Å². The Balaban J connectivity index is 1.99. The van der Waals surface area contributed by atoms with Crippen LogP contribution in [0.3, 0.4) is 0 Å². The SMILES string of the molecule is Cn1nc(C(C)(C)C)cc1NC(=O)COc1ccc(F)cc1Cl. The van der Waals surface area contributed by atoms with Gasteiger partial charge in [-0.3, -0.25) is 9.48 Å². The van der Waals surface area contributed by atoms with E-state index in [9.17, 15) is 9.18 Å². The number of benzene rings is 1. The number of halogens is 2. The molecule has 0 fully saturated rings. The molecule has 0 radical (unpaired) electrons. The number of nitrogens with one attached hydrogen (secondary N) is 1. The average Bonchev–Trinajstić information content (AvgIpc) is 2.79. The minimum atomic E-state index is -0.462. The Labute approximate surface area is 139 Å². The Hall–Kier alpha value is -2.08. The lowest BCUT2D eigenvalue weighted by molar-refractivity contribution is -0.118. The van der Waals surface area contributed by atoms with Crippen LogP contribution < -0.4 is 10.1 Å². The van der Waals surface area contributed by atoms with Crippen LogP contribution in [0.5, 0.6) is 5.75 Å². The van der Waals surface area contributed by atoms with Crippen LogP contribution in [0.15, 0.2) is 24.3 Å². The van der Waals surface area contributed by atoms with Crippen molar-refractivity contribution in [1.82, 2.24) is 9.78 Å². The van der Waals surface area contributed by atoms with E-state index in [0.29, 0.717) is 5.82 Å². The molecule has 0 aliphatic carbocycles. The van der Waals surface area contributed by atoms with E-state index in [2.05, 4.69) is 10.4 Å². The average molecular weight is 340 g/mol. The van der Waals surface area contributed by atoms with Gasteiger partial charge in [-0.15, -0.1) is 0 Å². The summed E-state index contributed by atoms with van der Waals surface area (Å²) in [7, 11) is 1.75. The van der Waals surface area contributed by atoms with Gasteiger partial charge in [-0.2, -0.15) is 5.10 Å². The summed E-state index contributed by atoms with van der Waals surface area (Å²) >= 11 is 5.84. The Morgan fingerprint density at radius 3 is 2.65 bits per heavy atom. The zero-order valence-electron chi connectivity index (χ0n) is 13.5. The Morgan fingerprint density at radius 1 is 1.39 bits per heavy atom. The van der Waals surface area contributed by atoms with Gasteiger partial charge in [0.05, 0.1) is 10.7 Å². The second-order valence-electron chi connectivity index (χ2n) is 6.20. The lowest BCUT2D eigenvalue weighted by Gasteiger charge is -2.13. The van der Waals surface area contributed by atoms with Crippen LogP contribution in [0, 0.1) is 5.82 Å².